The Hall–Kier alpha value is -3.70. The number of ether oxygens (including phenoxy) is 1. The van der Waals surface area contributed by atoms with Gasteiger partial charge in [0.05, 0.1) is 15.6 Å². The van der Waals surface area contributed by atoms with Crippen LogP contribution in [0.15, 0.2) is 53.5 Å². The first kappa shape index (κ1) is 31.9. The van der Waals surface area contributed by atoms with Crippen molar-refractivity contribution in [3.8, 4) is 16.9 Å². The molecular formula is C35H39Cl2N7O3. The first-order valence-electron chi connectivity index (χ1n) is 16.6. The zero-order valence-electron chi connectivity index (χ0n) is 26.2. The van der Waals surface area contributed by atoms with Crippen LogP contribution in [-0.4, -0.2) is 70.7 Å². The number of likely N-dealkylation sites (tertiary alicyclic amines) is 1. The number of carbonyl (C=O) groups excluding carboxylic acids is 1. The summed E-state index contributed by atoms with van der Waals surface area (Å²) in [7, 11) is 0. The van der Waals surface area contributed by atoms with Crippen molar-refractivity contribution >= 4 is 51.8 Å². The average molecular weight is 677 g/mol. The number of rotatable bonds is 8. The molecule has 1 amide bonds. The molecule has 3 saturated heterocycles. The van der Waals surface area contributed by atoms with Crippen LogP contribution < -0.4 is 26.2 Å². The van der Waals surface area contributed by atoms with E-state index in [0.717, 1.165) is 81.7 Å². The molecule has 0 radical (unpaired) electrons. The fraction of sp³-hybridized carbons (Fsp3) is 0.429. The Morgan fingerprint density at radius 1 is 0.936 bits per heavy atom. The summed E-state index contributed by atoms with van der Waals surface area (Å²) >= 11 is 13.8. The number of nitrogens with one attached hydrogen (secondary N) is 3. The molecule has 12 heteroatoms. The van der Waals surface area contributed by atoms with Crippen LogP contribution >= 0.6 is 23.2 Å². The van der Waals surface area contributed by atoms with Crippen LogP contribution in [-0.2, 0) is 11.3 Å². The van der Waals surface area contributed by atoms with E-state index >= 15 is 0 Å². The van der Waals surface area contributed by atoms with Gasteiger partial charge in [0.25, 0.3) is 5.56 Å². The monoisotopic (exact) mass is 675 g/mol. The van der Waals surface area contributed by atoms with Crippen molar-refractivity contribution < 1.29 is 9.53 Å². The molecule has 3 aliphatic heterocycles. The third-order valence-corrected chi connectivity index (χ3v) is 10.0. The van der Waals surface area contributed by atoms with Gasteiger partial charge in [-0.1, -0.05) is 23.2 Å². The number of nitrogens with zero attached hydrogens (tertiary/aromatic N) is 4. The highest BCUT2D eigenvalue weighted by molar-refractivity contribution is 6.39. The van der Waals surface area contributed by atoms with Crippen molar-refractivity contribution in [2.45, 2.75) is 57.1 Å². The Bertz CT molecular complexity index is 1790. The molecular weight excluding hydrogens is 637 g/mol. The van der Waals surface area contributed by atoms with Crippen LogP contribution in [0.3, 0.4) is 0 Å². The zero-order valence-corrected chi connectivity index (χ0v) is 27.7. The molecule has 2 aromatic heterocycles. The molecule has 0 spiro atoms. The summed E-state index contributed by atoms with van der Waals surface area (Å²) in [5.74, 6) is 1.34. The molecule has 0 aliphatic carbocycles. The van der Waals surface area contributed by atoms with Gasteiger partial charge in [-0.05, 0) is 119 Å². The highest BCUT2D eigenvalue weighted by Gasteiger charge is 2.25. The fourth-order valence-electron chi connectivity index (χ4n) is 6.84. The summed E-state index contributed by atoms with van der Waals surface area (Å²) in [6, 6.07) is 13.2. The van der Waals surface area contributed by atoms with E-state index in [9.17, 15) is 9.59 Å². The second-order valence-corrected chi connectivity index (χ2v) is 13.4. The lowest BCUT2D eigenvalue weighted by Gasteiger charge is -2.24. The van der Waals surface area contributed by atoms with Gasteiger partial charge in [-0.25, -0.2) is 4.98 Å². The van der Waals surface area contributed by atoms with Crippen LogP contribution in [0, 0.1) is 0 Å². The largest absolute Gasteiger partial charge is 0.490 e. The maximum absolute atomic E-state index is 14.3. The normalized spacial score (nSPS) is 17.7. The van der Waals surface area contributed by atoms with Gasteiger partial charge in [-0.15, -0.1) is 0 Å². The van der Waals surface area contributed by atoms with E-state index in [1.807, 2.05) is 36.4 Å². The fourth-order valence-corrected chi connectivity index (χ4v) is 7.55. The third-order valence-electron chi connectivity index (χ3n) is 9.42. The Kier molecular flexibility index (Phi) is 9.63. The number of aromatic nitrogens is 3. The van der Waals surface area contributed by atoms with E-state index in [1.54, 1.807) is 17.2 Å². The lowest BCUT2D eigenvalue weighted by atomic mass is 9.89. The molecule has 3 aliphatic rings. The maximum Gasteiger partial charge on any atom is 0.260 e. The van der Waals surface area contributed by atoms with Crippen molar-refractivity contribution in [2.75, 3.05) is 44.6 Å². The number of halogens is 2. The Morgan fingerprint density at radius 2 is 1.60 bits per heavy atom. The summed E-state index contributed by atoms with van der Waals surface area (Å²) < 4.78 is 7.57. The average Bonchev–Trinajstić information content (AvgIpc) is 3.64. The molecule has 246 valence electrons. The van der Waals surface area contributed by atoms with Crippen LogP contribution in [0.5, 0.6) is 5.75 Å². The Balaban J connectivity index is 1.22. The molecule has 0 atom stereocenters. The van der Waals surface area contributed by atoms with Gasteiger partial charge >= 0.3 is 0 Å². The minimum absolute atomic E-state index is 0.126. The molecule has 2 aromatic carbocycles. The van der Waals surface area contributed by atoms with Crippen molar-refractivity contribution in [2.24, 2.45) is 0 Å². The Morgan fingerprint density at radius 3 is 2.28 bits per heavy atom. The zero-order chi connectivity index (χ0) is 32.3. The van der Waals surface area contributed by atoms with Gasteiger partial charge in [-0.3, -0.25) is 14.2 Å². The summed E-state index contributed by atoms with van der Waals surface area (Å²) in [4.78, 5) is 38.8. The molecule has 10 nitrogen and oxygen atoms in total. The number of piperidine rings is 2. The van der Waals surface area contributed by atoms with Crippen LogP contribution in [0.25, 0.3) is 22.2 Å². The molecule has 3 N–H and O–H groups in total. The third kappa shape index (κ3) is 7.11. The number of hydrogen-bond acceptors (Lipinski definition) is 8. The highest BCUT2D eigenvalue weighted by Crippen LogP contribution is 2.39. The molecule has 5 heterocycles. The molecule has 0 unspecified atom stereocenters. The summed E-state index contributed by atoms with van der Waals surface area (Å²) in [5.41, 5.74) is 2.58. The van der Waals surface area contributed by atoms with Gasteiger partial charge in [-0.2, -0.15) is 4.98 Å². The molecule has 47 heavy (non-hydrogen) atoms. The van der Waals surface area contributed by atoms with Crippen LogP contribution in [0.4, 0.5) is 11.6 Å². The van der Waals surface area contributed by atoms with Gasteiger partial charge in [0, 0.05) is 35.9 Å². The number of hydrogen-bond donors (Lipinski definition) is 3. The van der Waals surface area contributed by atoms with E-state index in [0.29, 0.717) is 57.2 Å². The summed E-state index contributed by atoms with van der Waals surface area (Å²) in [6.45, 7) is 5.02. The maximum atomic E-state index is 14.3. The van der Waals surface area contributed by atoms with E-state index < -0.39 is 0 Å². The van der Waals surface area contributed by atoms with E-state index in [-0.39, 0.29) is 24.1 Å². The molecule has 4 aromatic rings. The van der Waals surface area contributed by atoms with Crippen LogP contribution in [0.2, 0.25) is 10.0 Å². The number of carbonyl (C=O) groups is 1. The van der Waals surface area contributed by atoms with Gasteiger partial charge in [0.15, 0.2) is 0 Å². The number of pyridine rings is 1. The van der Waals surface area contributed by atoms with Gasteiger partial charge in [0.2, 0.25) is 11.9 Å². The number of fused-ring (bicyclic) bond motifs is 1. The minimum atomic E-state index is -0.382. The first-order valence-corrected chi connectivity index (χ1v) is 17.3. The highest BCUT2D eigenvalue weighted by atomic mass is 35.5. The number of anilines is 2. The van der Waals surface area contributed by atoms with E-state index in [1.165, 1.54) is 4.57 Å². The Labute approximate surface area is 283 Å². The molecule has 7 rings (SSSR count). The predicted octanol–water partition coefficient (Wildman–Crippen LogP) is 5.73. The standard InChI is InChI=1S/C35H39Cl2N7O3/c36-29-18-23(22-7-11-38-12-8-22)19-30(37)32(29)28-17-24-20-40-35(41-25-3-5-26(6-4-25)47-27-9-13-39-14-10-27)42-33(24)44(34(28)46)21-31(45)43-15-1-2-16-43/h3-6,17-20,22,27,38-39H,1-2,7-16,21H2,(H,40,41,42). The lowest BCUT2D eigenvalue weighted by molar-refractivity contribution is -0.130. The van der Waals surface area contributed by atoms with Crippen molar-refractivity contribution in [1.29, 1.82) is 0 Å². The van der Waals surface area contributed by atoms with Crippen molar-refractivity contribution in [3.63, 3.8) is 0 Å². The van der Waals surface area contributed by atoms with Crippen LogP contribution in [0.1, 0.15) is 50.0 Å². The number of benzene rings is 2. The summed E-state index contributed by atoms with van der Waals surface area (Å²) in [6.07, 6.45) is 7.73. The van der Waals surface area contributed by atoms with Gasteiger partial charge in [0.1, 0.15) is 24.0 Å². The molecule has 0 saturated carbocycles. The van der Waals surface area contributed by atoms with E-state index in [2.05, 4.69) is 20.9 Å². The van der Waals surface area contributed by atoms with Crippen molar-refractivity contribution in [1.82, 2.24) is 30.1 Å². The smallest absolute Gasteiger partial charge is 0.260 e. The SMILES string of the molecule is O=C(Cn1c(=O)c(-c2c(Cl)cc(C3CCNCC3)cc2Cl)cc2cnc(Nc3ccc(OC4CCNCC4)cc3)nc21)N1CCCC1. The second-order valence-electron chi connectivity index (χ2n) is 12.6. The van der Waals surface area contributed by atoms with Gasteiger partial charge < -0.3 is 25.6 Å². The minimum Gasteiger partial charge on any atom is -0.490 e. The quantitative estimate of drug-likeness (QED) is 0.217. The first-order chi connectivity index (χ1) is 22.9. The lowest BCUT2D eigenvalue weighted by Crippen LogP contribution is -2.35. The molecule has 3 fully saturated rings. The second kappa shape index (κ2) is 14.2. The predicted molar refractivity (Wildman–Crippen MR) is 186 cm³/mol. The van der Waals surface area contributed by atoms with Crippen molar-refractivity contribution in [3.05, 3.63) is 74.6 Å². The topological polar surface area (TPSA) is 113 Å². The summed E-state index contributed by atoms with van der Waals surface area (Å²) in [5, 5.41) is 11.4. The van der Waals surface area contributed by atoms with E-state index in [4.69, 9.17) is 32.9 Å². The molecule has 0 bridgehead atoms. The number of amides is 1.